The van der Waals surface area contributed by atoms with Crippen molar-refractivity contribution in [3.8, 4) is 29.1 Å². The fraction of sp³-hybridized carbons (Fsp3) is 0.250. The van der Waals surface area contributed by atoms with Crippen molar-refractivity contribution in [3.63, 3.8) is 0 Å². The molecule has 2 aromatic carbocycles. The molecule has 1 unspecified atom stereocenters. The number of allylic oxidation sites excluding steroid dienone is 1. The fourth-order valence-corrected chi connectivity index (χ4v) is 5.75. The van der Waals surface area contributed by atoms with Crippen molar-refractivity contribution in [2.45, 2.75) is 19.8 Å². The number of carbonyl (C=O) groups excluding carboxylic acids is 1. The van der Waals surface area contributed by atoms with Crippen molar-refractivity contribution in [2.75, 3.05) is 27.3 Å². The Morgan fingerprint density at radius 2 is 1.74 bits per heavy atom. The molecule has 10 nitrogen and oxygen atoms in total. The summed E-state index contributed by atoms with van der Waals surface area (Å²) >= 11 is 1.08. The summed E-state index contributed by atoms with van der Waals surface area (Å²) in [6.07, 6.45) is 1.61. The molecule has 0 spiro atoms. The third kappa shape index (κ3) is 4.70. The number of ether oxygens (including phenoxy) is 2. The van der Waals surface area contributed by atoms with Gasteiger partial charge in [-0.05, 0) is 55.3 Å². The molecule has 0 saturated carbocycles. The monoisotopic (exact) mass is 548 g/mol. The molecular weight excluding hydrogens is 520 g/mol. The number of methoxy groups -OCH3 is 2. The second kappa shape index (κ2) is 11.0. The highest BCUT2D eigenvalue weighted by atomic mass is 32.1. The number of hydrogen-bond acceptors (Lipinski definition) is 9. The lowest BCUT2D eigenvalue weighted by Gasteiger charge is -2.29. The van der Waals surface area contributed by atoms with E-state index in [1.54, 1.807) is 35.2 Å². The van der Waals surface area contributed by atoms with Gasteiger partial charge in [-0.25, -0.2) is 0 Å². The second-order valence-corrected chi connectivity index (χ2v) is 9.68. The van der Waals surface area contributed by atoms with Crippen LogP contribution in [0.2, 0.25) is 0 Å². The smallest absolute Gasteiger partial charge is 0.274 e. The van der Waals surface area contributed by atoms with Crippen LogP contribution in [0.3, 0.4) is 0 Å². The van der Waals surface area contributed by atoms with Crippen LogP contribution in [0.1, 0.15) is 30.9 Å². The van der Waals surface area contributed by atoms with E-state index >= 15 is 0 Å². The normalized spacial score (nSPS) is 15.1. The Kier molecular flexibility index (Phi) is 7.69. The Morgan fingerprint density at radius 1 is 1.13 bits per heavy atom. The molecule has 4 N–H and O–H groups in total. The maximum absolute atomic E-state index is 14.0. The first-order valence-corrected chi connectivity index (χ1v) is 12.9. The third-order valence-electron chi connectivity index (χ3n) is 6.59. The van der Waals surface area contributed by atoms with E-state index in [9.17, 15) is 25.1 Å². The number of phenols is 2. The molecular formula is C28H28N4O6S. The van der Waals surface area contributed by atoms with Crippen LogP contribution >= 0.6 is 11.3 Å². The minimum absolute atomic E-state index is 0.0310. The topological polar surface area (TPSA) is 151 Å². The van der Waals surface area contributed by atoms with Gasteiger partial charge in [-0.3, -0.25) is 14.2 Å². The standard InChI is InChI=1S/C28H28N4O6S/c1-5-31(6-2)27(36)24-23(16-8-10-19(34)21(13-16)38-4)17(14-29)25(30)32-26(35)22(39-28(24)32)12-15-7-9-18(33)20(11-15)37-3/h7-13,23,33-34H,5-6,30H2,1-4H3/b22-12+. The minimum Gasteiger partial charge on any atom is -0.504 e. The molecule has 0 fully saturated rings. The van der Waals surface area contributed by atoms with Crippen LogP contribution in [-0.4, -0.2) is 52.9 Å². The Morgan fingerprint density at radius 3 is 2.33 bits per heavy atom. The number of fused-ring (bicyclic) bond motifs is 1. The number of amides is 1. The molecule has 202 valence electrons. The first kappa shape index (κ1) is 27.3. The molecule has 4 rings (SSSR count). The van der Waals surface area contributed by atoms with Gasteiger partial charge in [0.25, 0.3) is 11.5 Å². The van der Waals surface area contributed by atoms with Gasteiger partial charge in [-0.15, -0.1) is 11.3 Å². The van der Waals surface area contributed by atoms with Crippen molar-refractivity contribution >= 4 is 34.7 Å². The molecule has 0 aliphatic carbocycles. The molecule has 1 amide bonds. The zero-order chi connectivity index (χ0) is 28.4. The van der Waals surface area contributed by atoms with Gasteiger partial charge >= 0.3 is 0 Å². The summed E-state index contributed by atoms with van der Waals surface area (Å²) in [6, 6.07) is 11.3. The zero-order valence-electron chi connectivity index (χ0n) is 21.9. The number of benzene rings is 2. The number of nitrogens with two attached hydrogens (primary N) is 1. The van der Waals surface area contributed by atoms with Crippen molar-refractivity contribution in [1.29, 1.82) is 5.26 Å². The van der Waals surface area contributed by atoms with Gasteiger partial charge in [0.05, 0.1) is 41.9 Å². The number of phenolic OH excluding ortho intramolecular Hbond substituents is 2. The molecule has 11 heteroatoms. The highest BCUT2D eigenvalue weighted by molar-refractivity contribution is 7.07. The number of nitriles is 1. The quantitative estimate of drug-likeness (QED) is 0.403. The second-order valence-electron chi connectivity index (χ2n) is 8.65. The van der Waals surface area contributed by atoms with E-state index in [0.29, 0.717) is 28.9 Å². The Labute approximate surface area is 228 Å². The van der Waals surface area contributed by atoms with Crippen molar-refractivity contribution < 1.29 is 24.5 Å². The number of nitrogens with zero attached hydrogens (tertiary/aromatic N) is 3. The predicted molar refractivity (Wildman–Crippen MR) is 148 cm³/mol. The van der Waals surface area contributed by atoms with E-state index < -0.39 is 11.5 Å². The molecule has 3 aromatic rings. The lowest BCUT2D eigenvalue weighted by Crippen LogP contribution is -2.43. The van der Waals surface area contributed by atoms with Crippen LogP contribution < -0.4 is 30.0 Å². The summed E-state index contributed by atoms with van der Waals surface area (Å²) in [4.78, 5) is 29.2. The maximum atomic E-state index is 14.0. The summed E-state index contributed by atoms with van der Waals surface area (Å²) in [6.45, 7) is 4.51. The largest absolute Gasteiger partial charge is 0.504 e. The maximum Gasteiger partial charge on any atom is 0.274 e. The van der Waals surface area contributed by atoms with Gasteiger partial charge in [0.1, 0.15) is 10.5 Å². The molecule has 1 atom stereocenters. The van der Waals surface area contributed by atoms with E-state index in [-0.39, 0.29) is 50.4 Å². The third-order valence-corrected chi connectivity index (χ3v) is 7.70. The van der Waals surface area contributed by atoms with Crippen LogP contribution in [0.25, 0.3) is 17.5 Å². The molecule has 1 aliphatic rings. The van der Waals surface area contributed by atoms with Gasteiger partial charge in [0.15, 0.2) is 23.0 Å². The first-order valence-electron chi connectivity index (χ1n) is 12.1. The number of thiazole rings is 1. The first-order chi connectivity index (χ1) is 18.7. The summed E-state index contributed by atoms with van der Waals surface area (Å²) in [5, 5.41) is 30.3. The molecule has 1 aromatic heterocycles. The van der Waals surface area contributed by atoms with Crippen molar-refractivity contribution in [2.24, 2.45) is 5.73 Å². The lowest BCUT2D eigenvalue weighted by atomic mass is 9.83. The van der Waals surface area contributed by atoms with Crippen molar-refractivity contribution in [1.82, 2.24) is 9.47 Å². The number of aromatic hydroxyl groups is 2. The minimum atomic E-state index is -0.905. The van der Waals surface area contributed by atoms with Gasteiger partial charge in [-0.1, -0.05) is 12.1 Å². The summed E-state index contributed by atoms with van der Waals surface area (Å²) < 4.78 is 12.2. The zero-order valence-corrected chi connectivity index (χ0v) is 22.7. The van der Waals surface area contributed by atoms with Crippen LogP contribution in [0.4, 0.5) is 0 Å². The number of rotatable bonds is 7. The van der Waals surface area contributed by atoms with Crippen LogP contribution in [0.15, 0.2) is 46.8 Å². The van der Waals surface area contributed by atoms with Crippen molar-refractivity contribution in [3.05, 3.63) is 72.6 Å². The summed E-state index contributed by atoms with van der Waals surface area (Å²) in [5.41, 5.74) is 7.30. The highest BCUT2D eigenvalue weighted by Gasteiger charge is 2.37. The summed E-state index contributed by atoms with van der Waals surface area (Å²) in [7, 11) is 2.82. The Hall–Kier alpha value is -4.69. The molecule has 2 heterocycles. The van der Waals surface area contributed by atoms with Gasteiger partial charge in [0.2, 0.25) is 0 Å². The van der Waals surface area contributed by atoms with Gasteiger partial charge in [-0.2, -0.15) is 5.26 Å². The molecule has 0 radical (unpaired) electrons. The average Bonchev–Trinajstić information content (AvgIpc) is 3.25. The Bertz CT molecular complexity index is 1710. The highest BCUT2D eigenvalue weighted by Crippen LogP contribution is 2.40. The molecule has 1 aliphatic heterocycles. The summed E-state index contributed by atoms with van der Waals surface area (Å²) in [5.74, 6) is -1.06. The number of carbonyl (C=O) groups is 1. The van der Waals surface area contributed by atoms with E-state index in [2.05, 4.69) is 6.07 Å². The Balaban J connectivity index is 2.11. The van der Waals surface area contributed by atoms with E-state index in [0.717, 1.165) is 11.3 Å². The molecule has 0 bridgehead atoms. The van der Waals surface area contributed by atoms with E-state index in [1.807, 2.05) is 13.8 Å². The SMILES string of the molecule is CCN(CC)C(=O)C1=c2s/c(=C/c3ccc(O)c(OC)c3)c(=O)n2C(N)=C(C#N)C1c1ccc(O)c(OC)c1. The number of aromatic nitrogens is 1. The van der Waals surface area contributed by atoms with E-state index in [1.165, 1.54) is 30.9 Å². The molecule has 0 saturated heterocycles. The van der Waals surface area contributed by atoms with Gasteiger partial charge in [0, 0.05) is 13.1 Å². The van der Waals surface area contributed by atoms with E-state index in [4.69, 9.17) is 15.2 Å². The molecule has 39 heavy (non-hydrogen) atoms. The van der Waals surface area contributed by atoms with Crippen LogP contribution in [0.5, 0.6) is 23.0 Å². The average molecular weight is 549 g/mol. The number of hydrogen-bond donors (Lipinski definition) is 3. The lowest BCUT2D eigenvalue weighted by molar-refractivity contribution is -0.125. The van der Waals surface area contributed by atoms with Crippen LogP contribution in [-0.2, 0) is 4.79 Å². The fourth-order valence-electron chi connectivity index (χ4n) is 4.58. The van der Waals surface area contributed by atoms with Crippen LogP contribution in [0, 0.1) is 11.3 Å². The predicted octanol–water partition coefficient (Wildman–Crippen LogP) is 1.63. The van der Waals surface area contributed by atoms with Gasteiger partial charge < -0.3 is 30.3 Å².